The summed E-state index contributed by atoms with van der Waals surface area (Å²) in [5.41, 5.74) is 0.0472. The zero-order valence-corrected chi connectivity index (χ0v) is 18.6. The second-order valence-electron chi connectivity index (χ2n) is 8.25. The van der Waals surface area contributed by atoms with Gasteiger partial charge in [0.15, 0.2) is 0 Å². The van der Waals surface area contributed by atoms with Crippen LogP contribution in [0, 0.1) is 11.6 Å². The lowest BCUT2D eigenvalue weighted by Gasteiger charge is -2.33. The van der Waals surface area contributed by atoms with E-state index in [-0.39, 0.29) is 10.5 Å². The van der Waals surface area contributed by atoms with E-state index in [1.165, 1.54) is 22.5 Å². The molecule has 9 heteroatoms. The first-order valence-electron chi connectivity index (χ1n) is 11.0. The van der Waals surface area contributed by atoms with Crippen LogP contribution in [-0.2, 0) is 10.0 Å². The number of amides is 1. The molecule has 2 aromatic carbocycles. The van der Waals surface area contributed by atoms with Crippen molar-refractivity contribution < 1.29 is 22.0 Å². The van der Waals surface area contributed by atoms with E-state index in [0.717, 1.165) is 63.7 Å². The van der Waals surface area contributed by atoms with Crippen LogP contribution in [0.4, 0.5) is 20.2 Å². The van der Waals surface area contributed by atoms with Crippen LogP contribution in [0.15, 0.2) is 41.3 Å². The van der Waals surface area contributed by atoms with E-state index in [0.29, 0.717) is 18.8 Å². The summed E-state index contributed by atoms with van der Waals surface area (Å²) in [6, 6.07) is 7.77. The number of nitrogens with zero attached hydrogens (tertiary/aromatic N) is 2. The number of para-hydroxylation sites is 1. The van der Waals surface area contributed by atoms with Crippen molar-refractivity contribution in [1.29, 1.82) is 0 Å². The average Bonchev–Trinajstić information content (AvgIpc) is 2.82. The van der Waals surface area contributed by atoms with Gasteiger partial charge in [0, 0.05) is 31.7 Å². The molecule has 6 nitrogen and oxygen atoms in total. The molecular formula is C23H27F2N3O3S. The third kappa shape index (κ3) is 4.63. The molecule has 0 unspecified atom stereocenters. The van der Waals surface area contributed by atoms with E-state index >= 15 is 0 Å². The van der Waals surface area contributed by atoms with Crippen molar-refractivity contribution in [3.8, 4) is 0 Å². The Morgan fingerprint density at radius 1 is 0.844 bits per heavy atom. The summed E-state index contributed by atoms with van der Waals surface area (Å²) in [7, 11) is -3.82. The summed E-state index contributed by atoms with van der Waals surface area (Å²) < 4.78 is 56.5. The lowest BCUT2D eigenvalue weighted by Crippen LogP contribution is -2.37. The molecular weight excluding hydrogens is 436 g/mol. The van der Waals surface area contributed by atoms with Crippen molar-refractivity contribution in [2.45, 2.75) is 43.4 Å². The average molecular weight is 464 g/mol. The Bertz CT molecular complexity index is 1080. The summed E-state index contributed by atoms with van der Waals surface area (Å²) in [5, 5.41) is 2.24. The minimum atomic E-state index is -3.82. The normalized spacial score (nSPS) is 17.9. The first-order valence-corrected chi connectivity index (χ1v) is 12.5. The van der Waals surface area contributed by atoms with Crippen LogP contribution in [0.3, 0.4) is 0 Å². The Morgan fingerprint density at radius 3 is 2.06 bits per heavy atom. The van der Waals surface area contributed by atoms with Gasteiger partial charge in [0.25, 0.3) is 5.91 Å². The number of hydrogen-bond acceptors (Lipinski definition) is 4. The molecule has 1 amide bonds. The molecule has 2 aliphatic heterocycles. The molecule has 0 spiro atoms. The molecule has 4 rings (SSSR count). The van der Waals surface area contributed by atoms with Crippen molar-refractivity contribution in [1.82, 2.24) is 4.31 Å². The largest absolute Gasteiger partial charge is 0.370 e. The van der Waals surface area contributed by atoms with Gasteiger partial charge in [0.1, 0.15) is 22.2 Å². The van der Waals surface area contributed by atoms with Crippen LogP contribution in [0.25, 0.3) is 0 Å². The van der Waals surface area contributed by atoms with E-state index in [1.807, 2.05) is 4.90 Å². The van der Waals surface area contributed by atoms with Gasteiger partial charge >= 0.3 is 0 Å². The number of sulfonamides is 1. The first-order chi connectivity index (χ1) is 15.4. The third-order valence-electron chi connectivity index (χ3n) is 6.05. The van der Waals surface area contributed by atoms with Crippen LogP contribution in [0.5, 0.6) is 0 Å². The van der Waals surface area contributed by atoms with Gasteiger partial charge in [-0.15, -0.1) is 0 Å². The number of anilines is 2. The minimum absolute atomic E-state index is 0.0315. The van der Waals surface area contributed by atoms with E-state index in [2.05, 4.69) is 5.32 Å². The van der Waals surface area contributed by atoms with E-state index < -0.39 is 33.3 Å². The fourth-order valence-corrected chi connectivity index (χ4v) is 6.06. The Morgan fingerprint density at radius 2 is 1.44 bits per heavy atom. The Labute approximate surface area is 187 Å². The van der Waals surface area contributed by atoms with Crippen molar-refractivity contribution in [2.24, 2.45) is 0 Å². The lowest BCUT2D eigenvalue weighted by molar-refractivity contribution is 0.102. The molecule has 2 heterocycles. The second kappa shape index (κ2) is 9.54. The van der Waals surface area contributed by atoms with Gasteiger partial charge in [-0.25, -0.2) is 17.2 Å². The van der Waals surface area contributed by atoms with Crippen molar-refractivity contribution in [2.75, 3.05) is 36.4 Å². The van der Waals surface area contributed by atoms with Crippen LogP contribution < -0.4 is 10.2 Å². The van der Waals surface area contributed by atoms with Crippen molar-refractivity contribution in [3.05, 3.63) is 53.6 Å². The molecule has 2 fully saturated rings. The van der Waals surface area contributed by atoms with E-state index in [1.54, 1.807) is 6.07 Å². The molecule has 0 bridgehead atoms. The highest BCUT2D eigenvalue weighted by atomic mass is 32.2. The van der Waals surface area contributed by atoms with Crippen LogP contribution in [0.2, 0.25) is 0 Å². The quantitative estimate of drug-likeness (QED) is 0.715. The highest BCUT2D eigenvalue weighted by Crippen LogP contribution is 2.32. The summed E-state index contributed by atoms with van der Waals surface area (Å²) >= 11 is 0. The number of carbonyl (C=O) groups is 1. The lowest BCUT2D eigenvalue weighted by atomic mass is 10.1. The van der Waals surface area contributed by atoms with Gasteiger partial charge in [0.05, 0.1) is 5.69 Å². The molecule has 0 aromatic heterocycles. The maximum atomic E-state index is 14.0. The Balaban J connectivity index is 1.72. The fraction of sp³-hybridized carbons (Fsp3) is 0.435. The monoisotopic (exact) mass is 463 g/mol. The van der Waals surface area contributed by atoms with Gasteiger partial charge in [-0.3, -0.25) is 4.79 Å². The Kier molecular flexibility index (Phi) is 6.76. The number of piperidine rings is 2. The van der Waals surface area contributed by atoms with Crippen LogP contribution >= 0.6 is 0 Å². The maximum Gasteiger partial charge on any atom is 0.255 e. The van der Waals surface area contributed by atoms with Gasteiger partial charge in [0.2, 0.25) is 10.0 Å². The van der Waals surface area contributed by atoms with Gasteiger partial charge in [-0.1, -0.05) is 12.5 Å². The van der Waals surface area contributed by atoms with Gasteiger partial charge in [-0.2, -0.15) is 4.31 Å². The summed E-state index contributed by atoms with van der Waals surface area (Å²) in [6.07, 6.45) is 5.62. The molecule has 0 atom stereocenters. The number of carbonyl (C=O) groups excluding carboxylic acids is 1. The van der Waals surface area contributed by atoms with E-state index in [9.17, 15) is 22.0 Å². The number of nitrogens with one attached hydrogen (secondary N) is 1. The zero-order chi connectivity index (χ0) is 22.7. The SMILES string of the molecule is O=C(Nc1c(F)cccc1F)c1ccc(N2CCCCC2)c(S(=O)(=O)N2CCCCC2)c1. The second-order valence-corrected chi connectivity index (χ2v) is 10.2. The highest BCUT2D eigenvalue weighted by molar-refractivity contribution is 7.89. The molecule has 2 aliphatic rings. The minimum Gasteiger partial charge on any atom is -0.370 e. The number of hydrogen-bond donors (Lipinski definition) is 1. The summed E-state index contributed by atoms with van der Waals surface area (Å²) in [6.45, 7) is 2.38. The predicted octanol–water partition coefficient (Wildman–Crippen LogP) is 4.38. The molecule has 1 N–H and O–H groups in total. The molecule has 0 radical (unpaired) electrons. The smallest absolute Gasteiger partial charge is 0.255 e. The predicted molar refractivity (Wildman–Crippen MR) is 119 cm³/mol. The molecule has 2 saturated heterocycles. The van der Waals surface area contributed by atoms with Crippen LogP contribution in [-0.4, -0.2) is 44.8 Å². The molecule has 2 aromatic rings. The maximum absolute atomic E-state index is 14.0. The third-order valence-corrected chi connectivity index (χ3v) is 7.98. The summed E-state index contributed by atoms with van der Waals surface area (Å²) in [4.78, 5) is 14.9. The topological polar surface area (TPSA) is 69.7 Å². The first kappa shape index (κ1) is 22.7. The highest BCUT2D eigenvalue weighted by Gasteiger charge is 2.31. The number of rotatable bonds is 5. The standard InChI is InChI=1S/C23H27F2N3O3S/c24-18-8-7-9-19(25)22(18)26-23(29)17-10-11-20(27-12-3-1-4-13-27)21(16-17)32(30,31)28-14-5-2-6-15-28/h7-11,16H,1-6,12-15H2,(H,26,29). The van der Waals surface area contributed by atoms with Crippen molar-refractivity contribution in [3.63, 3.8) is 0 Å². The number of halogens is 2. The van der Waals surface area contributed by atoms with Gasteiger partial charge in [-0.05, 0) is 62.4 Å². The summed E-state index contributed by atoms with van der Waals surface area (Å²) in [5.74, 6) is -2.57. The van der Waals surface area contributed by atoms with Gasteiger partial charge < -0.3 is 10.2 Å². The molecule has 0 saturated carbocycles. The molecule has 172 valence electrons. The zero-order valence-electron chi connectivity index (χ0n) is 17.8. The molecule has 32 heavy (non-hydrogen) atoms. The fourth-order valence-electron chi connectivity index (χ4n) is 4.31. The molecule has 0 aliphatic carbocycles. The van der Waals surface area contributed by atoms with Crippen LogP contribution in [0.1, 0.15) is 48.9 Å². The Hall–Kier alpha value is -2.52. The number of benzene rings is 2. The van der Waals surface area contributed by atoms with Crippen molar-refractivity contribution >= 4 is 27.3 Å². The van der Waals surface area contributed by atoms with E-state index in [4.69, 9.17) is 0 Å².